The molecule has 3 atom stereocenters. The zero-order valence-corrected chi connectivity index (χ0v) is 19.2. The number of nitrogens with one attached hydrogen (secondary N) is 6. The number of carboxylic acids is 1. The normalized spacial score (nSPS) is 22.8. The summed E-state index contributed by atoms with van der Waals surface area (Å²) in [5.74, 6) is -5.17. The van der Waals surface area contributed by atoms with Crippen LogP contribution in [0.1, 0.15) is 33.1 Å². The second kappa shape index (κ2) is 13.6. The Morgan fingerprint density at radius 3 is 2.09 bits per heavy atom. The Kier molecular flexibility index (Phi) is 11.3. The van der Waals surface area contributed by atoms with E-state index in [0.29, 0.717) is 13.0 Å². The molecule has 0 aromatic heterocycles. The van der Waals surface area contributed by atoms with E-state index in [4.69, 9.17) is 10.8 Å². The maximum Gasteiger partial charge on any atom is 0.305 e. The molecule has 0 aromatic carbocycles. The van der Waals surface area contributed by atoms with Crippen LogP contribution in [0.2, 0.25) is 0 Å². The lowest BCUT2D eigenvalue weighted by molar-refractivity contribution is -0.140. The van der Waals surface area contributed by atoms with Gasteiger partial charge in [0.05, 0.1) is 25.3 Å². The van der Waals surface area contributed by atoms with Gasteiger partial charge >= 0.3 is 5.97 Å². The van der Waals surface area contributed by atoms with E-state index in [1.54, 1.807) is 13.8 Å². The van der Waals surface area contributed by atoms with Crippen molar-refractivity contribution in [3.63, 3.8) is 0 Å². The number of amides is 5. The van der Waals surface area contributed by atoms with Gasteiger partial charge in [0.2, 0.25) is 29.5 Å². The van der Waals surface area contributed by atoms with Crippen LogP contribution in [0.3, 0.4) is 0 Å². The van der Waals surface area contributed by atoms with Gasteiger partial charge in [0.25, 0.3) is 0 Å². The summed E-state index contributed by atoms with van der Waals surface area (Å²) in [5, 5.41) is 23.7. The Balaban J connectivity index is 3.10. The zero-order chi connectivity index (χ0) is 25.8. The minimum absolute atomic E-state index is 0.180. The summed E-state index contributed by atoms with van der Waals surface area (Å²) in [7, 11) is 0. The van der Waals surface area contributed by atoms with Crippen LogP contribution >= 0.6 is 0 Å². The van der Waals surface area contributed by atoms with Crippen molar-refractivity contribution in [2.75, 3.05) is 19.6 Å². The third-order valence-corrected chi connectivity index (χ3v) is 4.80. The number of carbonyl (C=O) groups excluding carboxylic acids is 5. The molecule has 5 amide bonds. The average molecular weight is 484 g/mol. The van der Waals surface area contributed by atoms with Crippen molar-refractivity contribution >= 4 is 35.5 Å². The van der Waals surface area contributed by atoms with Gasteiger partial charge < -0.3 is 42.7 Å². The minimum atomic E-state index is -1.47. The molecule has 0 aliphatic carbocycles. The quantitative estimate of drug-likeness (QED) is 0.161. The molecule has 1 aliphatic heterocycles. The first-order valence-electron chi connectivity index (χ1n) is 10.7. The van der Waals surface area contributed by atoms with Crippen LogP contribution in [-0.2, 0) is 28.8 Å². The highest BCUT2D eigenvalue weighted by Gasteiger charge is 2.30. The van der Waals surface area contributed by atoms with Crippen LogP contribution in [0.4, 0.5) is 0 Å². The molecule has 0 aromatic rings. The fourth-order valence-corrected chi connectivity index (χ4v) is 3.06. The molecule has 14 heteroatoms. The summed E-state index contributed by atoms with van der Waals surface area (Å²) < 4.78 is 0. The van der Waals surface area contributed by atoms with E-state index in [1.807, 2.05) is 0 Å². The van der Waals surface area contributed by atoms with Crippen LogP contribution < -0.4 is 37.6 Å². The van der Waals surface area contributed by atoms with E-state index in [9.17, 15) is 28.8 Å². The van der Waals surface area contributed by atoms with E-state index in [2.05, 4.69) is 38.5 Å². The maximum absolute atomic E-state index is 12.9. The van der Waals surface area contributed by atoms with Gasteiger partial charge in [-0.05, 0) is 18.8 Å². The fraction of sp³-hybridized carbons (Fsp3) is 0.600. The molecular weight excluding hydrogens is 450 g/mol. The summed E-state index contributed by atoms with van der Waals surface area (Å²) >= 11 is 0. The van der Waals surface area contributed by atoms with Gasteiger partial charge in [0, 0.05) is 6.54 Å². The number of hydrogen-bond acceptors (Lipinski definition) is 8. The molecule has 0 bridgehead atoms. The Morgan fingerprint density at radius 2 is 1.56 bits per heavy atom. The van der Waals surface area contributed by atoms with Gasteiger partial charge in [-0.15, -0.1) is 0 Å². The molecule has 3 unspecified atom stereocenters. The van der Waals surface area contributed by atoms with Gasteiger partial charge in [0.1, 0.15) is 18.1 Å². The lowest BCUT2D eigenvalue weighted by Crippen LogP contribution is -2.56. The van der Waals surface area contributed by atoms with Crippen molar-refractivity contribution in [1.82, 2.24) is 31.9 Å². The highest BCUT2D eigenvalue weighted by molar-refractivity contribution is 5.97. The van der Waals surface area contributed by atoms with Crippen molar-refractivity contribution in [1.29, 1.82) is 0 Å². The minimum Gasteiger partial charge on any atom is -0.481 e. The molecule has 1 fully saturated rings. The lowest BCUT2D eigenvalue weighted by atomic mass is 10.0. The van der Waals surface area contributed by atoms with Gasteiger partial charge in [-0.25, -0.2) is 0 Å². The molecule has 9 N–H and O–H groups in total. The number of carboxylic acid groups (broad SMARTS) is 1. The summed E-state index contributed by atoms with van der Waals surface area (Å²) in [6.07, 6.45) is -0.137. The SMILES string of the molecule is C=C(N)NCCCC1NC(=O)C(C(C)C)NC(=O)CNC(=O)C(CC(=O)O)NC(=O)CNC1=O. The lowest BCUT2D eigenvalue weighted by Gasteiger charge is -2.25. The highest BCUT2D eigenvalue weighted by atomic mass is 16.4. The number of carbonyl (C=O) groups is 6. The molecular formula is C20H33N7O7. The fourth-order valence-electron chi connectivity index (χ4n) is 3.06. The molecule has 14 nitrogen and oxygen atoms in total. The Bertz CT molecular complexity index is 815. The van der Waals surface area contributed by atoms with Crippen LogP contribution in [0.15, 0.2) is 12.4 Å². The number of nitrogens with two attached hydrogens (primary N) is 1. The highest BCUT2D eigenvalue weighted by Crippen LogP contribution is 2.05. The van der Waals surface area contributed by atoms with Crippen molar-refractivity contribution in [3.05, 3.63) is 12.4 Å². The first-order chi connectivity index (χ1) is 15.9. The average Bonchev–Trinajstić information content (AvgIpc) is 2.74. The van der Waals surface area contributed by atoms with Crippen LogP contribution in [0, 0.1) is 5.92 Å². The van der Waals surface area contributed by atoms with Gasteiger partial charge in [-0.1, -0.05) is 20.4 Å². The monoisotopic (exact) mass is 483 g/mol. The predicted octanol–water partition coefficient (Wildman–Crippen LogP) is -3.38. The molecule has 0 radical (unpaired) electrons. The number of rotatable bonds is 8. The van der Waals surface area contributed by atoms with Gasteiger partial charge in [-0.2, -0.15) is 0 Å². The molecule has 1 rings (SSSR count). The predicted molar refractivity (Wildman–Crippen MR) is 119 cm³/mol. The van der Waals surface area contributed by atoms with Crippen molar-refractivity contribution in [2.24, 2.45) is 11.7 Å². The Morgan fingerprint density at radius 1 is 1.00 bits per heavy atom. The van der Waals surface area contributed by atoms with Crippen LogP contribution in [0.25, 0.3) is 0 Å². The molecule has 0 saturated carbocycles. The van der Waals surface area contributed by atoms with E-state index in [-0.39, 0.29) is 18.2 Å². The summed E-state index contributed by atoms with van der Waals surface area (Å²) in [5.41, 5.74) is 5.44. The topological polar surface area (TPSA) is 221 Å². The number of aliphatic carboxylic acids is 1. The Labute approximate surface area is 196 Å². The smallest absolute Gasteiger partial charge is 0.305 e. The molecule has 1 heterocycles. The second-order valence-electron chi connectivity index (χ2n) is 8.10. The first kappa shape index (κ1) is 28.2. The summed E-state index contributed by atoms with van der Waals surface area (Å²) in [6, 6.07) is -3.51. The second-order valence-corrected chi connectivity index (χ2v) is 8.10. The van der Waals surface area contributed by atoms with Gasteiger partial charge in [-0.3, -0.25) is 28.8 Å². The standard InChI is InChI=1S/C20H33N7O7/c1-10(2)17-20(34)26-12(5-4-6-22-11(3)21)18(32)23-8-14(28)25-13(7-16(30)31)19(33)24-9-15(29)27-17/h10,12-13,17,22H,3-9,21H2,1-2H3,(H,23,32)(H,24,33)(H,25,28)(H,26,34)(H,27,29)(H,30,31). The van der Waals surface area contributed by atoms with E-state index >= 15 is 0 Å². The van der Waals surface area contributed by atoms with Crippen LogP contribution in [0.5, 0.6) is 0 Å². The molecule has 1 saturated heterocycles. The van der Waals surface area contributed by atoms with Crippen LogP contribution in [-0.4, -0.2) is 78.4 Å². The van der Waals surface area contributed by atoms with Gasteiger partial charge in [0.15, 0.2) is 0 Å². The summed E-state index contributed by atoms with van der Waals surface area (Å²) in [4.78, 5) is 73.5. The van der Waals surface area contributed by atoms with E-state index in [0.717, 1.165) is 0 Å². The van der Waals surface area contributed by atoms with Crippen molar-refractivity contribution < 1.29 is 33.9 Å². The van der Waals surface area contributed by atoms with Crippen molar-refractivity contribution in [3.8, 4) is 0 Å². The summed E-state index contributed by atoms with van der Waals surface area (Å²) in [6.45, 7) is 6.16. The van der Waals surface area contributed by atoms with E-state index in [1.165, 1.54) is 0 Å². The maximum atomic E-state index is 12.9. The van der Waals surface area contributed by atoms with Crippen molar-refractivity contribution in [2.45, 2.75) is 51.2 Å². The molecule has 34 heavy (non-hydrogen) atoms. The Hall–Kier alpha value is -3.84. The molecule has 190 valence electrons. The first-order valence-corrected chi connectivity index (χ1v) is 10.7. The van der Waals surface area contributed by atoms with E-state index < -0.39 is 73.1 Å². The third-order valence-electron chi connectivity index (χ3n) is 4.80. The molecule has 0 spiro atoms. The third kappa shape index (κ3) is 10.2. The number of hydrogen-bond donors (Lipinski definition) is 8. The molecule has 1 aliphatic rings. The largest absolute Gasteiger partial charge is 0.481 e. The zero-order valence-electron chi connectivity index (χ0n) is 19.2.